The molecule has 0 fully saturated rings. The smallest absolute Gasteiger partial charge is 0.216 e. The van der Waals surface area contributed by atoms with E-state index in [0.29, 0.717) is 0 Å². The number of unbranched alkanes of at least 4 members (excludes halogenated alkanes) is 1. The number of nitrogens with zero attached hydrogens (tertiary/aromatic N) is 5. The fourth-order valence-corrected chi connectivity index (χ4v) is 3.66. The molecule has 19 heavy (non-hydrogen) atoms. The highest BCUT2D eigenvalue weighted by Gasteiger charge is 2.11. The SMILES string of the molecule is CCCCn1nnnc1Sc1nc2ccccc2s1. The first-order valence-electron chi connectivity index (χ1n) is 6.16. The van der Waals surface area contributed by atoms with Gasteiger partial charge in [0, 0.05) is 6.54 Å². The van der Waals surface area contributed by atoms with E-state index in [1.165, 1.54) is 16.5 Å². The number of aromatic nitrogens is 5. The van der Waals surface area contributed by atoms with Gasteiger partial charge in [-0.3, -0.25) is 0 Å². The summed E-state index contributed by atoms with van der Waals surface area (Å²) in [4.78, 5) is 4.58. The fourth-order valence-electron chi connectivity index (χ4n) is 1.69. The largest absolute Gasteiger partial charge is 0.229 e. The third-order valence-corrected chi connectivity index (χ3v) is 4.75. The maximum Gasteiger partial charge on any atom is 0.216 e. The zero-order chi connectivity index (χ0) is 13.1. The van der Waals surface area contributed by atoms with Crippen molar-refractivity contribution in [1.29, 1.82) is 0 Å². The molecular formula is C12H13N5S2. The number of hydrogen-bond donors (Lipinski definition) is 0. The van der Waals surface area contributed by atoms with Crippen molar-refractivity contribution in [3.8, 4) is 0 Å². The van der Waals surface area contributed by atoms with Crippen molar-refractivity contribution < 1.29 is 0 Å². The monoisotopic (exact) mass is 291 g/mol. The molecule has 0 aliphatic carbocycles. The molecular weight excluding hydrogens is 278 g/mol. The molecule has 0 unspecified atom stereocenters. The van der Waals surface area contributed by atoms with Crippen LogP contribution in [0.15, 0.2) is 33.8 Å². The number of rotatable bonds is 5. The third kappa shape index (κ3) is 2.76. The van der Waals surface area contributed by atoms with E-state index in [4.69, 9.17) is 0 Å². The van der Waals surface area contributed by atoms with E-state index in [1.54, 1.807) is 11.3 Å². The molecule has 1 aromatic carbocycles. The van der Waals surface area contributed by atoms with Crippen molar-refractivity contribution >= 4 is 33.3 Å². The quantitative estimate of drug-likeness (QED) is 0.722. The summed E-state index contributed by atoms with van der Waals surface area (Å²) in [6.45, 7) is 3.02. The molecule has 0 saturated heterocycles. The Hall–Kier alpha value is -1.47. The van der Waals surface area contributed by atoms with Gasteiger partial charge in [0.2, 0.25) is 5.16 Å². The maximum absolute atomic E-state index is 4.58. The van der Waals surface area contributed by atoms with Crippen molar-refractivity contribution in [2.75, 3.05) is 0 Å². The van der Waals surface area contributed by atoms with Gasteiger partial charge in [-0.15, -0.1) is 16.4 Å². The molecule has 98 valence electrons. The number of benzene rings is 1. The predicted octanol–water partition coefficient (Wildman–Crippen LogP) is 3.23. The van der Waals surface area contributed by atoms with Gasteiger partial charge >= 0.3 is 0 Å². The number of aryl methyl sites for hydroxylation is 1. The van der Waals surface area contributed by atoms with Crippen LogP contribution in [0.4, 0.5) is 0 Å². The van der Waals surface area contributed by atoms with Crippen LogP contribution in [0.5, 0.6) is 0 Å². The van der Waals surface area contributed by atoms with E-state index in [2.05, 4.69) is 33.5 Å². The van der Waals surface area contributed by atoms with E-state index in [-0.39, 0.29) is 0 Å². The Balaban J connectivity index is 1.82. The first-order valence-corrected chi connectivity index (χ1v) is 7.79. The summed E-state index contributed by atoms with van der Waals surface area (Å²) in [7, 11) is 0. The second kappa shape index (κ2) is 5.66. The molecule has 2 heterocycles. The minimum Gasteiger partial charge on any atom is -0.229 e. The highest BCUT2D eigenvalue weighted by atomic mass is 32.2. The Bertz CT molecular complexity index is 642. The fraction of sp³-hybridized carbons (Fsp3) is 0.333. The summed E-state index contributed by atoms with van der Waals surface area (Å²) < 4.78 is 4.02. The van der Waals surface area contributed by atoms with E-state index < -0.39 is 0 Å². The van der Waals surface area contributed by atoms with Gasteiger partial charge in [-0.25, -0.2) is 9.67 Å². The average Bonchev–Trinajstić information content (AvgIpc) is 3.02. The predicted molar refractivity (Wildman–Crippen MR) is 76.5 cm³/mol. The van der Waals surface area contributed by atoms with Crippen molar-refractivity contribution in [2.45, 2.75) is 35.8 Å². The lowest BCUT2D eigenvalue weighted by Crippen LogP contribution is -2.01. The van der Waals surface area contributed by atoms with Crippen LogP contribution < -0.4 is 0 Å². The first-order chi connectivity index (χ1) is 9.36. The molecule has 0 aliphatic rings. The standard InChI is InChI=1S/C12H13N5S2/c1-2-3-8-17-11(14-15-16-17)19-12-13-9-6-4-5-7-10(9)18-12/h4-7H,2-3,8H2,1H3. The summed E-state index contributed by atoms with van der Waals surface area (Å²) in [5.74, 6) is 0. The lowest BCUT2D eigenvalue weighted by Gasteiger charge is -2.00. The normalized spacial score (nSPS) is 11.2. The molecule has 2 aromatic heterocycles. The Morgan fingerprint density at radius 3 is 3.05 bits per heavy atom. The van der Waals surface area contributed by atoms with Gasteiger partial charge in [0.25, 0.3) is 0 Å². The molecule has 0 radical (unpaired) electrons. The lowest BCUT2D eigenvalue weighted by atomic mass is 10.3. The maximum atomic E-state index is 4.58. The molecule has 0 atom stereocenters. The molecule has 3 rings (SSSR count). The second-order valence-corrected chi connectivity index (χ2v) is 6.33. The van der Waals surface area contributed by atoms with Gasteiger partial charge in [0.15, 0.2) is 4.34 Å². The van der Waals surface area contributed by atoms with Crippen LogP contribution in [-0.2, 0) is 6.54 Å². The molecule has 3 aromatic rings. The van der Waals surface area contributed by atoms with Crippen molar-refractivity contribution in [1.82, 2.24) is 25.2 Å². The minimum absolute atomic E-state index is 0.813. The number of fused-ring (bicyclic) bond motifs is 1. The van der Waals surface area contributed by atoms with E-state index in [1.807, 2.05) is 22.9 Å². The molecule has 0 N–H and O–H groups in total. The summed E-state index contributed by atoms with van der Waals surface area (Å²) in [5.41, 5.74) is 1.03. The van der Waals surface area contributed by atoms with Gasteiger partial charge in [-0.1, -0.05) is 25.5 Å². The van der Waals surface area contributed by atoms with Crippen LogP contribution in [0.3, 0.4) is 0 Å². The Morgan fingerprint density at radius 2 is 2.21 bits per heavy atom. The number of para-hydroxylation sites is 1. The summed E-state index contributed by atoms with van der Waals surface area (Å²) in [6.07, 6.45) is 2.21. The third-order valence-electron chi connectivity index (χ3n) is 2.68. The highest BCUT2D eigenvalue weighted by molar-refractivity contribution is 8.01. The number of hydrogen-bond acceptors (Lipinski definition) is 6. The highest BCUT2D eigenvalue weighted by Crippen LogP contribution is 2.32. The second-order valence-electron chi connectivity index (χ2n) is 4.09. The molecule has 7 heteroatoms. The Labute approximate surface area is 119 Å². The molecule has 0 saturated carbocycles. The summed E-state index contributed by atoms with van der Waals surface area (Å²) in [6, 6.07) is 8.13. The lowest BCUT2D eigenvalue weighted by molar-refractivity contribution is 0.518. The zero-order valence-electron chi connectivity index (χ0n) is 10.5. The molecule has 0 spiro atoms. The summed E-state index contributed by atoms with van der Waals surface area (Å²) >= 11 is 3.20. The first kappa shape index (κ1) is 12.6. The van der Waals surface area contributed by atoms with Crippen molar-refractivity contribution in [2.24, 2.45) is 0 Å². The number of tetrazole rings is 1. The van der Waals surface area contributed by atoms with Gasteiger partial charge < -0.3 is 0 Å². The van der Waals surface area contributed by atoms with Gasteiger partial charge in [-0.2, -0.15) is 0 Å². The van der Waals surface area contributed by atoms with E-state index in [0.717, 1.165) is 34.4 Å². The Morgan fingerprint density at radius 1 is 1.32 bits per heavy atom. The van der Waals surface area contributed by atoms with Crippen LogP contribution in [0.1, 0.15) is 19.8 Å². The zero-order valence-corrected chi connectivity index (χ0v) is 12.1. The topological polar surface area (TPSA) is 56.5 Å². The molecule has 0 aliphatic heterocycles. The van der Waals surface area contributed by atoms with E-state index in [9.17, 15) is 0 Å². The van der Waals surface area contributed by atoms with Gasteiger partial charge in [0.05, 0.1) is 10.2 Å². The van der Waals surface area contributed by atoms with Crippen LogP contribution in [0.2, 0.25) is 0 Å². The van der Waals surface area contributed by atoms with E-state index >= 15 is 0 Å². The average molecular weight is 291 g/mol. The molecule has 0 amide bonds. The molecule has 5 nitrogen and oxygen atoms in total. The molecule has 0 bridgehead atoms. The number of thiazole rings is 1. The van der Waals surface area contributed by atoms with Crippen LogP contribution >= 0.6 is 23.1 Å². The van der Waals surface area contributed by atoms with Crippen molar-refractivity contribution in [3.05, 3.63) is 24.3 Å². The van der Waals surface area contributed by atoms with Crippen LogP contribution in [0, 0.1) is 0 Å². The van der Waals surface area contributed by atoms with Crippen molar-refractivity contribution in [3.63, 3.8) is 0 Å². The Kier molecular flexibility index (Phi) is 3.74. The summed E-state index contributed by atoms with van der Waals surface area (Å²) in [5, 5.41) is 12.6. The minimum atomic E-state index is 0.813. The van der Waals surface area contributed by atoms with Gasteiger partial charge in [-0.05, 0) is 40.7 Å². The van der Waals surface area contributed by atoms with Crippen LogP contribution in [-0.4, -0.2) is 25.2 Å². The van der Waals surface area contributed by atoms with Crippen LogP contribution in [0.25, 0.3) is 10.2 Å². The van der Waals surface area contributed by atoms with Gasteiger partial charge in [0.1, 0.15) is 0 Å².